The van der Waals surface area contributed by atoms with Gasteiger partial charge in [-0.2, -0.15) is 0 Å². The zero-order chi connectivity index (χ0) is 20.8. The summed E-state index contributed by atoms with van der Waals surface area (Å²) in [6.45, 7) is 4.37. The number of epoxide rings is 1. The molecule has 6 nitrogen and oxygen atoms in total. The Morgan fingerprint density at radius 1 is 0.833 bits per heavy atom. The van der Waals surface area contributed by atoms with E-state index in [0.717, 1.165) is 22.8 Å². The molecular formula is C23H25ClO6. The molecule has 30 heavy (non-hydrogen) atoms. The van der Waals surface area contributed by atoms with Gasteiger partial charge in [-0.15, -0.1) is 0 Å². The maximum Gasteiger partial charge on any atom is 0.135 e. The zero-order valence-corrected chi connectivity index (χ0v) is 17.4. The first-order valence-corrected chi connectivity index (χ1v) is 10.4. The lowest BCUT2D eigenvalue weighted by atomic mass is 10.0. The van der Waals surface area contributed by atoms with E-state index in [-0.39, 0.29) is 11.9 Å². The number of hydrogen-bond donors (Lipinski definition) is 1. The molecule has 1 aliphatic rings. The summed E-state index contributed by atoms with van der Waals surface area (Å²) in [4.78, 5) is 0. The number of fused-ring (bicyclic) bond motifs is 2. The Kier molecular flexibility index (Phi) is 7.25. The molecule has 1 N–H and O–H groups in total. The summed E-state index contributed by atoms with van der Waals surface area (Å²) in [6, 6.07) is 13.0. The molecule has 0 aliphatic carbocycles. The van der Waals surface area contributed by atoms with Crippen LogP contribution < -0.4 is 4.74 Å². The molecule has 1 fully saturated rings. The van der Waals surface area contributed by atoms with Crippen LogP contribution in [0.5, 0.6) is 11.5 Å². The second-order valence-electron chi connectivity index (χ2n) is 7.02. The molecule has 1 unspecified atom stereocenters. The fourth-order valence-corrected chi connectivity index (χ4v) is 3.44. The van der Waals surface area contributed by atoms with E-state index in [0.29, 0.717) is 62.4 Å². The number of hydrogen-bond acceptors (Lipinski definition) is 6. The molecule has 3 aromatic rings. The minimum Gasteiger partial charge on any atom is -0.507 e. The van der Waals surface area contributed by atoms with Gasteiger partial charge in [0, 0.05) is 26.6 Å². The van der Waals surface area contributed by atoms with Gasteiger partial charge >= 0.3 is 0 Å². The van der Waals surface area contributed by atoms with Crippen molar-refractivity contribution in [3.8, 4) is 11.5 Å². The normalized spacial score (nSPS) is 15.7. The SMILES string of the molecule is Oc1c2ccccc2c(OCCOCCOCCOCC2CO2)c2ccc(Cl)cc12. The summed E-state index contributed by atoms with van der Waals surface area (Å²) >= 11 is 6.13. The van der Waals surface area contributed by atoms with Crippen LogP contribution in [0.1, 0.15) is 0 Å². The fourth-order valence-electron chi connectivity index (χ4n) is 3.27. The third-order valence-electron chi connectivity index (χ3n) is 4.83. The van der Waals surface area contributed by atoms with E-state index in [1.807, 2.05) is 30.3 Å². The van der Waals surface area contributed by atoms with Gasteiger partial charge in [0.05, 0.1) is 46.2 Å². The average Bonchev–Trinajstić information content (AvgIpc) is 3.58. The number of aromatic hydroxyl groups is 1. The summed E-state index contributed by atoms with van der Waals surface area (Å²) in [5.41, 5.74) is 0. The number of ether oxygens (including phenoxy) is 5. The minimum atomic E-state index is 0.206. The quantitative estimate of drug-likeness (QED) is 0.263. The van der Waals surface area contributed by atoms with Gasteiger partial charge < -0.3 is 28.8 Å². The van der Waals surface area contributed by atoms with E-state index in [2.05, 4.69) is 0 Å². The Morgan fingerprint density at radius 3 is 2.20 bits per heavy atom. The van der Waals surface area contributed by atoms with Crippen LogP contribution in [0.3, 0.4) is 0 Å². The average molecular weight is 433 g/mol. The van der Waals surface area contributed by atoms with E-state index in [1.54, 1.807) is 12.1 Å². The molecular weight excluding hydrogens is 408 g/mol. The maximum absolute atomic E-state index is 10.7. The molecule has 4 rings (SSSR count). The van der Waals surface area contributed by atoms with Gasteiger partial charge in [0.25, 0.3) is 0 Å². The van der Waals surface area contributed by atoms with Crippen LogP contribution in [-0.4, -0.2) is 64.1 Å². The monoisotopic (exact) mass is 432 g/mol. The van der Waals surface area contributed by atoms with Crippen molar-refractivity contribution in [1.29, 1.82) is 0 Å². The molecule has 0 aromatic heterocycles. The highest BCUT2D eigenvalue weighted by atomic mass is 35.5. The van der Waals surface area contributed by atoms with Crippen molar-refractivity contribution in [1.82, 2.24) is 0 Å². The van der Waals surface area contributed by atoms with Crippen molar-refractivity contribution >= 4 is 33.1 Å². The minimum absolute atomic E-state index is 0.206. The van der Waals surface area contributed by atoms with E-state index in [9.17, 15) is 5.11 Å². The number of phenolic OH excluding ortho intramolecular Hbond substituents is 1. The third-order valence-corrected chi connectivity index (χ3v) is 5.07. The molecule has 1 atom stereocenters. The van der Waals surface area contributed by atoms with Crippen molar-refractivity contribution in [3.05, 3.63) is 47.5 Å². The number of halogens is 1. The first-order chi connectivity index (χ1) is 14.7. The van der Waals surface area contributed by atoms with Gasteiger partial charge in [-0.05, 0) is 18.2 Å². The highest BCUT2D eigenvalue weighted by Crippen LogP contribution is 2.42. The fraction of sp³-hybridized carbons (Fsp3) is 0.391. The predicted octanol–water partition coefficient (Wildman–Crippen LogP) is 4.18. The molecule has 1 aliphatic heterocycles. The maximum atomic E-state index is 10.7. The Labute approximate surface area is 180 Å². The van der Waals surface area contributed by atoms with Crippen LogP contribution >= 0.6 is 11.6 Å². The smallest absolute Gasteiger partial charge is 0.135 e. The summed E-state index contributed by atoms with van der Waals surface area (Å²) in [6.07, 6.45) is 0.285. The lowest BCUT2D eigenvalue weighted by molar-refractivity contribution is 0.00722. The second kappa shape index (κ2) is 10.3. The Balaban J connectivity index is 1.26. The summed E-state index contributed by atoms with van der Waals surface area (Å²) in [5, 5.41) is 14.3. The van der Waals surface area contributed by atoms with Crippen molar-refractivity contribution in [3.63, 3.8) is 0 Å². The number of benzene rings is 3. The highest BCUT2D eigenvalue weighted by molar-refractivity contribution is 6.31. The number of rotatable bonds is 12. The second-order valence-corrected chi connectivity index (χ2v) is 7.45. The van der Waals surface area contributed by atoms with Gasteiger partial charge in [0.2, 0.25) is 0 Å². The number of phenols is 1. The van der Waals surface area contributed by atoms with Gasteiger partial charge in [-0.3, -0.25) is 0 Å². The van der Waals surface area contributed by atoms with Crippen LogP contribution in [0.15, 0.2) is 42.5 Å². The zero-order valence-electron chi connectivity index (χ0n) is 16.6. The summed E-state index contributed by atoms with van der Waals surface area (Å²) < 4.78 is 27.6. The van der Waals surface area contributed by atoms with Crippen LogP contribution in [0.4, 0.5) is 0 Å². The van der Waals surface area contributed by atoms with Gasteiger partial charge in [0.1, 0.15) is 24.2 Å². The standard InChI is InChI=1S/C23H25ClO6/c24-16-5-6-20-21(13-16)22(25)18-3-1-2-4-19(18)23(20)29-12-11-27-8-7-26-9-10-28-14-17-15-30-17/h1-6,13,17,25H,7-12,14-15H2. The van der Waals surface area contributed by atoms with Crippen molar-refractivity contribution < 1.29 is 28.8 Å². The van der Waals surface area contributed by atoms with E-state index >= 15 is 0 Å². The summed E-state index contributed by atoms with van der Waals surface area (Å²) in [5.74, 6) is 0.921. The molecule has 1 heterocycles. The van der Waals surface area contributed by atoms with Gasteiger partial charge in [0.15, 0.2) is 0 Å². The highest BCUT2D eigenvalue weighted by Gasteiger charge is 2.22. The first-order valence-electron chi connectivity index (χ1n) is 10.0. The van der Waals surface area contributed by atoms with Crippen molar-refractivity contribution in [2.24, 2.45) is 0 Å². The first kappa shape index (κ1) is 21.2. The van der Waals surface area contributed by atoms with Gasteiger partial charge in [-0.25, -0.2) is 0 Å². The van der Waals surface area contributed by atoms with E-state index < -0.39 is 0 Å². The molecule has 0 amide bonds. The van der Waals surface area contributed by atoms with Crippen LogP contribution in [-0.2, 0) is 18.9 Å². The van der Waals surface area contributed by atoms with Crippen molar-refractivity contribution in [2.75, 3.05) is 52.9 Å². The summed E-state index contributed by atoms with van der Waals surface area (Å²) in [7, 11) is 0. The van der Waals surface area contributed by atoms with Crippen molar-refractivity contribution in [2.45, 2.75) is 6.10 Å². The molecule has 0 bridgehead atoms. The molecule has 0 spiro atoms. The predicted molar refractivity (Wildman–Crippen MR) is 116 cm³/mol. The van der Waals surface area contributed by atoms with E-state index in [4.69, 9.17) is 35.3 Å². The van der Waals surface area contributed by atoms with Gasteiger partial charge in [-0.1, -0.05) is 35.9 Å². The molecule has 7 heteroatoms. The van der Waals surface area contributed by atoms with Crippen LogP contribution in [0.25, 0.3) is 21.5 Å². The largest absolute Gasteiger partial charge is 0.507 e. The van der Waals surface area contributed by atoms with E-state index in [1.165, 1.54) is 0 Å². The molecule has 160 valence electrons. The molecule has 3 aromatic carbocycles. The third kappa shape index (κ3) is 5.33. The topological polar surface area (TPSA) is 69.7 Å². The van der Waals surface area contributed by atoms with Crippen LogP contribution in [0, 0.1) is 0 Å². The Bertz CT molecular complexity index is 988. The Hall–Kier alpha value is -2.09. The lowest BCUT2D eigenvalue weighted by Crippen LogP contribution is -2.13. The molecule has 1 saturated heterocycles. The lowest BCUT2D eigenvalue weighted by Gasteiger charge is -2.15. The molecule has 0 saturated carbocycles. The Morgan fingerprint density at radius 2 is 1.47 bits per heavy atom. The molecule has 0 radical (unpaired) electrons. The van der Waals surface area contributed by atoms with Crippen LogP contribution in [0.2, 0.25) is 5.02 Å².